The Morgan fingerprint density at radius 1 is 1.39 bits per heavy atom. The Morgan fingerprint density at radius 2 is 2.06 bits per heavy atom. The quantitative estimate of drug-likeness (QED) is 0.790. The van der Waals surface area contributed by atoms with Crippen LogP contribution < -0.4 is 5.32 Å². The second kappa shape index (κ2) is 6.52. The van der Waals surface area contributed by atoms with Crippen LogP contribution in [0.25, 0.3) is 0 Å². The fraction of sp³-hybridized carbons (Fsp3) is 0.917. The molecule has 2 unspecified atom stereocenters. The first-order valence-corrected chi connectivity index (χ1v) is 8.46. The highest BCUT2D eigenvalue weighted by molar-refractivity contribution is 7.91. The molecular formula is C12H24N2O3S. The molecule has 2 atom stereocenters. The van der Waals surface area contributed by atoms with Crippen LogP contribution in [0.2, 0.25) is 0 Å². The normalized spacial score (nSPS) is 24.8. The summed E-state index contributed by atoms with van der Waals surface area (Å²) in [6, 6.07) is 0.146. The molecular weight excluding hydrogens is 252 g/mol. The fourth-order valence-electron chi connectivity index (χ4n) is 2.26. The van der Waals surface area contributed by atoms with E-state index < -0.39 is 9.84 Å². The van der Waals surface area contributed by atoms with Gasteiger partial charge in [0.05, 0.1) is 11.8 Å². The van der Waals surface area contributed by atoms with Gasteiger partial charge in [-0.05, 0) is 26.2 Å². The molecule has 0 bridgehead atoms. The van der Waals surface area contributed by atoms with Gasteiger partial charge in [-0.25, -0.2) is 8.42 Å². The summed E-state index contributed by atoms with van der Waals surface area (Å²) in [5, 5.41) is 2.94. The third-order valence-corrected chi connectivity index (χ3v) is 5.31. The smallest absolute Gasteiger partial charge is 0.236 e. The van der Waals surface area contributed by atoms with E-state index in [1.165, 1.54) is 6.26 Å². The van der Waals surface area contributed by atoms with Gasteiger partial charge in [0, 0.05) is 25.9 Å². The van der Waals surface area contributed by atoms with Crippen LogP contribution in [0, 0.1) is 0 Å². The third-order valence-electron chi connectivity index (χ3n) is 3.67. The molecule has 0 aromatic carbocycles. The van der Waals surface area contributed by atoms with Crippen LogP contribution in [0.15, 0.2) is 0 Å². The molecule has 1 aliphatic carbocycles. The topological polar surface area (TPSA) is 66.5 Å². The van der Waals surface area contributed by atoms with Crippen molar-refractivity contribution < 1.29 is 13.2 Å². The predicted octanol–water partition coefficient (Wildman–Crippen LogP) is 0.410. The van der Waals surface area contributed by atoms with Crippen molar-refractivity contribution in [1.29, 1.82) is 0 Å². The van der Waals surface area contributed by atoms with Crippen LogP contribution in [0.5, 0.6) is 0 Å². The van der Waals surface area contributed by atoms with Crippen molar-refractivity contribution in [3.63, 3.8) is 0 Å². The first-order valence-electron chi connectivity index (χ1n) is 6.50. The summed E-state index contributed by atoms with van der Waals surface area (Å²) in [6.07, 6.45) is 4.54. The second-order valence-corrected chi connectivity index (χ2v) is 7.43. The van der Waals surface area contributed by atoms with Gasteiger partial charge in [0.15, 0.2) is 0 Å². The first kappa shape index (κ1) is 15.4. The maximum Gasteiger partial charge on any atom is 0.236 e. The number of amides is 1. The van der Waals surface area contributed by atoms with E-state index in [0.29, 0.717) is 19.5 Å². The zero-order valence-corrected chi connectivity index (χ0v) is 12.3. The minimum absolute atomic E-state index is 0.0546. The van der Waals surface area contributed by atoms with E-state index in [4.69, 9.17) is 0 Å². The first-order chi connectivity index (χ1) is 8.34. The third kappa shape index (κ3) is 4.57. The molecule has 1 N–H and O–H groups in total. The molecule has 0 aliphatic heterocycles. The minimum Gasteiger partial charge on any atom is -0.345 e. The van der Waals surface area contributed by atoms with Gasteiger partial charge in [-0.2, -0.15) is 0 Å². The number of sulfone groups is 1. The van der Waals surface area contributed by atoms with Crippen molar-refractivity contribution in [2.24, 2.45) is 0 Å². The monoisotopic (exact) mass is 276 g/mol. The summed E-state index contributed by atoms with van der Waals surface area (Å²) in [7, 11) is -1.19. The number of rotatable bonds is 5. The fourth-order valence-corrected chi connectivity index (χ4v) is 3.44. The Balaban J connectivity index is 2.42. The standard InChI is InChI=1S/C12H24N2O3S/c1-4-14(2)12(15)9-13-10-6-5-7-11(8-10)18(3,16)17/h10-11,13H,4-9H2,1-3H3. The lowest BCUT2D eigenvalue weighted by Gasteiger charge is -2.29. The Bertz CT molecular complexity index is 381. The zero-order chi connectivity index (χ0) is 13.8. The Morgan fingerprint density at radius 3 is 2.61 bits per heavy atom. The van der Waals surface area contributed by atoms with E-state index in [9.17, 15) is 13.2 Å². The van der Waals surface area contributed by atoms with Crippen LogP contribution in [0.1, 0.15) is 32.6 Å². The number of nitrogens with one attached hydrogen (secondary N) is 1. The van der Waals surface area contributed by atoms with Crippen molar-refractivity contribution in [2.45, 2.75) is 43.9 Å². The van der Waals surface area contributed by atoms with Gasteiger partial charge in [0.1, 0.15) is 9.84 Å². The highest BCUT2D eigenvalue weighted by Crippen LogP contribution is 2.23. The molecule has 18 heavy (non-hydrogen) atoms. The summed E-state index contributed by atoms with van der Waals surface area (Å²) in [6.45, 7) is 2.92. The van der Waals surface area contributed by atoms with E-state index in [2.05, 4.69) is 5.32 Å². The van der Waals surface area contributed by atoms with Crippen LogP contribution in [0.4, 0.5) is 0 Å². The van der Waals surface area contributed by atoms with E-state index in [1.54, 1.807) is 11.9 Å². The van der Waals surface area contributed by atoms with E-state index in [-0.39, 0.29) is 17.2 Å². The number of carbonyl (C=O) groups excluding carboxylic acids is 1. The lowest BCUT2D eigenvalue weighted by atomic mass is 9.95. The molecule has 106 valence electrons. The molecule has 6 heteroatoms. The average Bonchev–Trinajstić information content (AvgIpc) is 2.34. The molecule has 1 rings (SSSR count). The Labute approximate surface area is 110 Å². The summed E-state index contributed by atoms with van der Waals surface area (Å²) in [5.74, 6) is 0.0546. The van der Waals surface area contributed by atoms with Gasteiger partial charge in [0.2, 0.25) is 5.91 Å². The molecule has 0 spiro atoms. The number of hydrogen-bond acceptors (Lipinski definition) is 4. The average molecular weight is 276 g/mol. The number of likely N-dealkylation sites (N-methyl/N-ethyl adjacent to an activating group) is 1. The lowest BCUT2D eigenvalue weighted by molar-refractivity contribution is -0.128. The molecule has 1 fully saturated rings. The van der Waals surface area contributed by atoms with E-state index in [1.807, 2.05) is 6.92 Å². The molecule has 0 aromatic heterocycles. The van der Waals surface area contributed by atoms with E-state index >= 15 is 0 Å². The largest absolute Gasteiger partial charge is 0.345 e. The van der Waals surface area contributed by atoms with Crippen molar-refractivity contribution in [3.8, 4) is 0 Å². The summed E-state index contributed by atoms with van der Waals surface area (Å²) < 4.78 is 23.0. The summed E-state index contributed by atoms with van der Waals surface area (Å²) >= 11 is 0. The van der Waals surface area contributed by atoms with Gasteiger partial charge in [-0.15, -0.1) is 0 Å². The highest BCUT2D eigenvalue weighted by Gasteiger charge is 2.28. The minimum atomic E-state index is -2.95. The molecule has 5 nitrogen and oxygen atoms in total. The molecule has 0 saturated heterocycles. The van der Waals surface area contributed by atoms with E-state index in [0.717, 1.165) is 19.3 Å². The van der Waals surface area contributed by atoms with Gasteiger partial charge in [-0.1, -0.05) is 6.42 Å². The predicted molar refractivity (Wildman–Crippen MR) is 72.2 cm³/mol. The lowest BCUT2D eigenvalue weighted by Crippen LogP contribution is -2.43. The molecule has 0 aromatic rings. The zero-order valence-electron chi connectivity index (χ0n) is 11.5. The molecule has 0 heterocycles. The van der Waals surface area contributed by atoms with Crippen LogP contribution in [0.3, 0.4) is 0 Å². The summed E-state index contributed by atoms with van der Waals surface area (Å²) in [4.78, 5) is 13.3. The highest BCUT2D eigenvalue weighted by atomic mass is 32.2. The molecule has 1 saturated carbocycles. The second-order valence-electron chi connectivity index (χ2n) is 5.10. The van der Waals surface area contributed by atoms with Crippen LogP contribution in [-0.2, 0) is 14.6 Å². The Kier molecular flexibility index (Phi) is 5.59. The van der Waals surface area contributed by atoms with Crippen molar-refractivity contribution in [3.05, 3.63) is 0 Å². The van der Waals surface area contributed by atoms with Crippen molar-refractivity contribution in [2.75, 3.05) is 26.4 Å². The van der Waals surface area contributed by atoms with Crippen molar-refractivity contribution in [1.82, 2.24) is 10.2 Å². The summed E-state index contributed by atoms with van der Waals surface area (Å²) in [5.41, 5.74) is 0. The number of carbonyl (C=O) groups is 1. The number of nitrogens with zero attached hydrogens (tertiary/aromatic N) is 1. The molecule has 0 radical (unpaired) electrons. The SMILES string of the molecule is CCN(C)C(=O)CNC1CCCC(S(C)(=O)=O)C1. The van der Waals surface area contributed by atoms with Crippen LogP contribution >= 0.6 is 0 Å². The number of hydrogen-bond donors (Lipinski definition) is 1. The van der Waals surface area contributed by atoms with Crippen LogP contribution in [-0.4, -0.2) is 56.9 Å². The maximum absolute atomic E-state index is 11.6. The molecule has 1 amide bonds. The van der Waals surface area contributed by atoms with Gasteiger partial charge in [0.25, 0.3) is 0 Å². The van der Waals surface area contributed by atoms with Gasteiger partial charge < -0.3 is 10.2 Å². The van der Waals surface area contributed by atoms with Crippen molar-refractivity contribution >= 4 is 15.7 Å². The van der Waals surface area contributed by atoms with Gasteiger partial charge >= 0.3 is 0 Å². The molecule has 1 aliphatic rings. The van der Waals surface area contributed by atoms with Gasteiger partial charge in [-0.3, -0.25) is 4.79 Å². The maximum atomic E-state index is 11.6. The Hall–Kier alpha value is -0.620.